The third-order valence-electron chi connectivity index (χ3n) is 3.66. The van der Waals surface area contributed by atoms with Crippen molar-refractivity contribution in [1.29, 1.82) is 0 Å². The molecule has 2 aromatic carbocycles. The van der Waals surface area contributed by atoms with Crippen LogP contribution in [-0.4, -0.2) is 6.21 Å². The summed E-state index contributed by atoms with van der Waals surface area (Å²) in [4.78, 5) is 4.63. The van der Waals surface area contributed by atoms with Gasteiger partial charge in [0.25, 0.3) is 0 Å². The van der Waals surface area contributed by atoms with E-state index in [0.29, 0.717) is 0 Å². The van der Waals surface area contributed by atoms with E-state index < -0.39 is 0 Å². The van der Waals surface area contributed by atoms with Gasteiger partial charge in [-0.1, -0.05) is 36.4 Å². The Labute approximate surface area is 116 Å². The van der Waals surface area contributed by atoms with Crippen molar-refractivity contribution in [3.05, 3.63) is 69.8 Å². The molecule has 0 saturated heterocycles. The van der Waals surface area contributed by atoms with E-state index in [1.54, 1.807) is 0 Å². The van der Waals surface area contributed by atoms with Gasteiger partial charge in [-0.2, -0.15) is 0 Å². The Bertz CT molecular complexity index is 569. The van der Waals surface area contributed by atoms with Crippen molar-refractivity contribution in [1.82, 2.24) is 0 Å². The fraction of sp³-hybridized carbons (Fsp3) is 0.278. The zero-order chi connectivity index (χ0) is 13.8. The van der Waals surface area contributed by atoms with Gasteiger partial charge in [0.2, 0.25) is 0 Å². The lowest BCUT2D eigenvalue weighted by molar-refractivity contribution is 1.03. The first-order valence-corrected chi connectivity index (χ1v) is 6.70. The van der Waals surface area contributed by atoms with Crippen LogP contribution in [0.2, 0.25) is 0 Å². The molecule has 0 aliphatic carbocycles. The molecule has 0 aromatic heterocycles. The molecule has 0 radical (unpaired) electrons. The molecule has 0 bridgehead atoms. The van der Waals surface area contributed by atoms with Crippen LogP contribution < -0.4 is 0 Å². The smallest absolute Gasteiger partial charge is 0.0645 e. The molecule has 0 aliphatic rings. The quantitative estimate of drug-likeness (QED) is 0.710. The largest absolute Gasteiger partial charge is 0.288 e. The average Bonchev–Trinajstić information content (AvgIpc) is 2.36. The zero-order valence-electron chi connectivity index (χ0n) is 12.2. The summed E-state index contributed by atoms with van der Waals surface area (Å²) >= 11 is 0. The molecule has 0 N–H and O–H groups in total. The van der Waals surface area contributed by atoms with Gasteiger partial charge in [-0.15, -0.1) is 0 Å². The first kappa shape index (κ1) is 13.5. The SMILES string of the molecule is Cc1cccc(C)c1C=NCc1c(C)cccc1C. The Kier molecular flexibility index (Phi) is 4.16. The highest BCUT2D eigenvalue weighted by atomic mass is 14.7. The summed E-state index contributed by atoms with van der Waals surface area (Å²) < 4.78 is 0. The highest BCUT2D eigenvalue weighted by Crippen LogP contribution is 2.15. The predicted octanol–water partition coefficient (Wildman–Crippen LogP) is 4.54. The molecule has 0 unspecified atom stereocenters. The summed E-state index contributed by atoms with van der Waals surface area (Å²) in [6, 6.07) is 12.8. The number of nitrogens with zero attached hydrogens (tertiary/aromatic N) is 1. The minimum Gasteiger partial charge on any atom is -0.288 e. The van der Waals surface area contributed by atoms with Crippen LogP contribution in [0.3, 0.4) is 0 Å². The highest BCUT2D eigenvalue weighted by molar-refractivity contribution is 5.83. The van der Waals surface area contributed by atoms with Crippen LogP contribution in [0, 0.1) is 27.7 Å². The molecular formula is C18H21N. The van der Waals surface area contributed by atoms with E-state index in [1.807, 2.05) is 6.21 Å². The minimum atomic E-state index is 0.756. The molecular weight excluding hydrogens is 230 g/mol. The second kappa shape index (κ2) is 5.83. The fourth-order valence-corrected chi connectivity index (χ4v) is 2.36. The fourth-order valence-electron chi connectivity index (χ4n) is 2.36. The Morgan fingerprint density at radius 3 is 1.79 bits per heavy atom. The molecule has 0 atom stereocenters. The van der Waals surface area contributed by atoms with Crippen molar-refractivity contribution in [2.24, 2.45) is 4.99 Å². The summed E-state index contributed by atoms with van der Waals surface area (Å²) in [5.74, 6) is 0. The van der Waals surface area contributed by atoms with Crippen molar-refractivity contribution >= 4 is 6.21 Å². The molecule has 0 heterocycles. The number of aryl methyl sites for hydroxylation is 4. The van der Waals surface area contributed by atoms with E-state index in [1.165, 1.54) is 33.4 Å². The molecule has 98 valence electrons. The molecule has 0 aliphatic heterocycles. The number of rotatable bonds is 3. The van der Waals surface area contributed by atoms with Crippen molar-refractivity contribution in [2.45, 2.75) is 34.2 Å². The summed E-state index contributed by atoms with van der Waals surface area (Å²) in [6.07, 6.45) is 2.01. The predicted molar refractivity (Wildman–Crippen MR) is 83.1 cm³/mol. The van der Waals surface area contributed by atoms with Gasteiger partial charge in [0, 0.05) is 6.21 Å². The molecule has 0 fully saturated rings. The number of benzene rings is 2. The van der Waals surface area contributed by atoms with E-state index in [9.17, 15) is 0 Å². The second-order valence-electron chi connectivity index (χ2n) is 5.15. The first-order valence-electron chi connectivity index (χ1n) is 6.70. The lowest BCUT2D eigenvalue weighted by Crippen LogP contribution is -1.95. The highest BCUT2D eigenvalue weighted by Gasteiger charge is 2.01. The van der Waals surface area contributed by atoms with Gasteiger partial charge in [-0.3, -0.25) is 4.99 Å². The average molecular weight is 251 g/mol. The van der Waals surface area contributed by atoms with Gasteiger partial charge >= 0.3 is 0 Å². The van der Waals surface area contributed by atoms with E-state index in [-0.39, 0.29) is 0 Å². The summed E-state index contributed by atoms with van der Waals surface area (Å²) in [7, 11) is 0. The lowest BCUT2D eigenvalue weighted by Gasteiger charge is -2.07. The molecule has 0 amide bonds. The summed E-state index contributed by atoms with van der Waals surface area (Å²) in [5, 5.41) is 0. The third-order valence-corrected chi connectivity index (χ3v) is 3.66. The monoisotopic (exact) mass is 251 g/mol. The Morgan fingerprint density at radius 1 is 0.789 bits per heavy atom. The van der Waals surface area contributed by atoms with E-state index in [0.717, 1.165) is 6.54 Å². The van der Waals surface area contributed by atoms with Gasteiger partial charge in [-0.05, 0) is 61.1 Å². The topological polar surface area (TPSA) is 12.4 Å². The maximum Gasteiger partial charge on any atom is 0.0645 e. The maximum absolute atomic E-state index is 4.63. The molecule has 0 saturated carbocycles. The van der Waals surface area contributed by atoms with E-state index in [2.05, 4.69) is 69.1 Å². The standard InChI is InChI=1S/C18H21N/c1-13-7-5-8-14(2)17(13)11-19-12-18-15(3)9-6-10-16(18)4/h5-11H,12H2,1-4H3. The van der Waals surface area contributed by atoms with Crippen molar-refractivity contribution < 1.29 is 0 Å². The van der Waals surface area contributed by atoms with Crippen LogP contribution in [0.1, 0.15) is 33.4 Å². The molecule has 2 aromatic rings. The molecule has 19 heavy (non-hydrogen) atoms. The number of aliphatic imine (C=N–C) groups is 1. The molecule has 0 spiro atoms. The van der Waals surface area contributed by atoms with Gasteiger partial charge in [-0.25, -0.2) is 0 Å². The molecule has 1 heteroatoms. The van der Waals surface area contributed by atoms with E-state index >= 15 is 0 Å². The van der Waals surface area contributed by atoms with Gasteiger partial charge in [0.15, 0.2) is 0 Å². The summed E-state index contributed by atoms with van der Waals surface area (Å²) in [5.41, 5.74) is 7.78. The lowest BCUT2D eigenvalue weighted by atomic mass is 10.0. The summed E-state index contributed by atoms with van der Waals surface area (Å²) in [6.45, 7) is 9.32. The first-order chi connectivity index (χ1) is 9.09. The minimum absolute atomic E-state index is 0.756. The van der Waals surface area contributed by atoms with Crippen LogP contribution in [0.4, 0.5) is 0 Å². The van der Waals surface area contributed by atoms with Gasteiger partial charge in [0.05, 0.1) is 6.54 Å². The van der Waals surface area contributed by atoms with Crippen LogP contribution in [0.25, 0.3) is 0 Å². The van der Waals surface area contributed by atoms with Crippen molar-refractivity contribution in [3.8, 4) is 0 Å². The maximum atomic E-state index is 4.63. The number of hydrogen-bond acceptors (Lipinski definition) is 1. The van der Waals surface area contributed by atoms with Crippen molar-refractivity contribution in [3.63, 3.8) is 0 Å². The Morgan fingerprint density at radius 2 is 1.26 bits per heavy atom. The Hall–Kier alpha value is -1.89. The molecule has 1 nitrogen and oxygen atoms in total. The van der Waals surface area contributed by atoms with Crippen LogP contribution in [0.15, 0.2) is 41.4 Å². The third kappa shape index (κ3) is 3.11. The van der Waals surface area contributed by atoms with Crippen LogP contribution in [-0.2, 0) is 6.54 Å². The van der Waals surface area contributed by atoms with E-state index in [4.69, 9.17) is 0 Å². The van der Waals surface area contributed by atoms with Crippen LogP contribution >= 0.6 is 0 Å². The molecule has 2 rings (SSSR count). The Balaban J connectivity index is 2.21. The van der Waals surface area contributed by atoms with Gasteiger partial charge in [0.1, 0.15) is 0 Å². The zero-order valence-corrected chi connectivity index (χ0v) is 12.2. The van der Waals surface area contributed by atoms with Gasteiger partial charge < -0.3 is 0 Å². The number of hydrogen-bond donors (Lipinski definition) is 0. The normalized spacial score (nSPS) is 11.2. The van der Waals surface area contributed by atoms with Crippen LogP contribution in [0.5, 0.6) is 0 Å². The van der Waals surface area contributed by atoms with Crippen molar-refractivity contribution in [2.75, 3.05) is 0 Å². The second-order valence-corrected chi connectivity index (χ2v) is 5.15.